The zero-order chi connectivity index (χ0) is 26.5. The van der Waals surface area contributed by atoms with Crippen LogP contribution in [-0.2, 0) is 9.09 Å². The van der Waals surface area contributed by atoms with Crippen LogP contribution in [-0.4, -0.2) is 136 Å². The molecule has 0 spiro atoms. The number of nitrogens with zero attached hydrogens (tertiary/aromatic N) is 2. The summed E-state index contributed by atoms with van der Waals surface area (Å²) in [4.78, 5) is 20.3. The number of hydrogen-bond acceptors (Lipinski definition) is 10. The Morgan fingerprint density at radius 1 is 0.559 bits per heavy atom. The van der Waals surface area contributed by atoms with Crippen molar-refractivity contribution in [3.8, 4) is 0 Å². The van der Waals surface area contributed by atoms with Crippen LogP contribution in [0.25, 0.3) is 0 Å². The Labute approximate surface area is 205 Å². The van der Waals surface area contributed by atoms with E-state index in [1.807, 2.05) is 0 Å². The monoisotopic (exact) mass is 522 g/mol. The largest absolute Gasteiger partial charge is 0.469 e. The van der Waals surface area contributed by atoms with Gasteiger partial charge in [-0.3, -0.25) is 14.3 Å². The number of aliphatic hydroxyl groups is 6. The molecule has 0 unspecified atom stereocenters. The Morgan fingerprint density at radius 3 is 1.12 bits per heavy atom. The lowest BCUT2D eigenvalue weighted by atomic mass is 10.1. The second-order valence-electron chi connectivity index (χ2n) is 7.47. The lowest BCUT2D eigenvalue weighted by Gasteiger charge is -2.17. The van der Waals surface area contributed by atoms with Gasteiger partial charge in [0, 0.05) is 39.3 Å². The van der Waals surface area contributed by atoms with E-state index in [4.69, 9.17) is 40.4 Å². The Hall–Kier alpha value is -0.210. The predicted octanol–water partition coefficient (Wildman–Crippen LogP) is -0.623. The molecule has 0 saturated heterocycles. The van der Waals surface area contributed by atoms with E-state index in [-0.39, 0.29) is 46.2 Å². The third kappa shape index (κ3) is 36.4. The smallest absolute Gasteiger partial charge is 0.395 e. The highest BCUT2D eigenvalue weighted by atomic mass is 31.2. The summed E-state index contributed by atoms with van der Waals surface area (Å²) in [6, 6.07) is 0. The minimum absolute atomic E-state index is 0.0694. The summed E-state index contributed by atoms with van der Waals surface area (Å²) in [6.45, 7) is 5.85. The van der Waals surface area contributed by atoms with Crippen molar-refractivity contribution in [2.45, 2.75) is 51.9 Å². The number of rotatable bonds is 21. The van der Waals surface area contributed by atoms with E-state index >= 15 is 0 Å². The molecule has 34 heavy (non-hydrogen) atoms. The van der Waals surface area contributed by atoms with Crippen molar-refractivity contribution in [3.05, 3.63) is 0 Å². The van der Waals surface area contributed by atoms with E-state index in [9.17, 15) is 4.57 Å². The summed E-state index contributed by atoms with van der Waals surface area (Å²) in [7, 11) is -4.23. The van der Waals surface area contributed by atoms with Crippen molar-refractivity contribution in [2.75, 3.05) is 85.5 Å². The second kappa shape index (κ2) is 30.8. The fraction of sp³-hybridized carbons (Fsp3) is 1.00. The Bertz CT molecular complexity index is 372. The van der Waals surface area contributed by atoms with Crippen LogP contribution in [0.4, 0.5) is 0 Å². The van der Waals surface area contributed by atoms with Gasteiger partial charge in [-0.25, -0.2) is 4.57 Å². The predicted molar refractivity (Wildman–Crippen MR) is 131 cm³/mol. The quantitative estimate of drug-likeness (QED) is 0.0704. The Kier molecular flexibility index (Phi) is 34.7. The standard InChI is InChI=1S/C9H21O4P.2C6H15NO3/c1-2-3-4-5-6-7-8-9-13-14(10,11)12;2*8-4-1-7(2-5-9)3-6-10/h2-9H2,1H3,(H2,10,11,12);2*8-10H,1-6H2. The Morgan fingerprint density at radius 2 is 0.853 bits per heavy atom. The highest BCUT2D eigenvalue weighted by molar-refractivity contribution is 7.46. The maximum Gasteiger partial charge on any atom is 0.469 e. The van der Waals surface area contributed by atoms with Gasteiger partial charge in [0.15, 0.2) is 0 Å². The number of phosphoric acid groups is 1. The van der Waals surface area contributed by atoms with Crippen molar-refractivity contribution in [1.29, 1.82) is 0 Å². The van der Waals surface area contributed by atoms with E-state index in [1.54, 1.807) is 9.80 Å². The zero-order valence-corrected chi connectivity index (χ0v) is 21.8. The molecule has 0 amide bonds. The van der Waals surface area contributed by atoms with Crippen LogP contribution in [0.15, 0.2) is 0 Å². The minimum atomic E-state index is -4.23. The van der Waals surface area contributed by atoms with Gasteiger partial charge in [0.2, 0.25) is 0 Å². The summed E-state index contributed by atoms with van der Waals surface area (Å²) in [5.74, 6) is 0. The summed E-state index contributed by atoms with van der Waals surface area (Å²) in [5.41, 5.74) is 0. The lowest BCUT2D eigenvalue weighted by molar-refractivity contribution is 0.136. The molecule has 0 aromatic rings. The first-order chi connectivity index (χ1) is 16.3. The van der Waals surface area contributed by atoms with E-state index < -0.39 is 7.82 Å². The van der Waals surface area contributed by atoms with Crippen molar-refractivity contribution in [3.63, 3.8) is 0 Å². The highest BCUT2D eigenvalue weighted by Gasteiger charge is 2.12. The molecule has 210 valence electrons. The van der Waals surface area contributed by atoms with Crippen molar-refractivity contribution in [1.82, 2.24) is 9.80 Å². The van der Waals surface area contributed by atoms with E-state index in [2.05, 4.69) is 11.4 Å². The first-order valence-electron chi connectivity index (χ1n) is 12.1. The molecule has 0 aliphatic heterocycles. The molecule has 0 aromatic heterocycles. The van der Waals surface area contributed by atoms with Crippen molar-refractivity contribution in [2.24, 2.45) is 0 Å². The normalized spacial score (nSPS) is 11.3. The molecule has 13 heteroatoms. The second-order valence-corrected chi connectivity index (χ2v) is 8.71. The molecule has 0 bridgehead atoms. The van der Waals surface area contributed by atoms with E-state index in [1.165, 1.54) is 25.7 Å². The van der Waals surface area contributed by atoms with Gasteiger partial charge < -0.3 is 40.4 Å². The summed E-state index contributed by atoms with van der Waals surface area (Å²) in [5, 5.41) is 50.9. The van der Waals surface area contributed by atoms with Gasteiger partial charge in [-0.1, -0.05) is 45.4 Å². The van der Waals surface area contributed by atoms with Crippen molar-refractivity contribution < 1.29 is 49.5 Å². The van der Waals surface area contributed by atoms with Gasteiger partial charge in [-0.2, -0.15) is 0 Å². The maximum atomic E-state index is 10.3. The van der Waals surface area contributed by atoms with Crippen LogP contribution in [0.3, 0.4) is 0 Å². The molecule has 0 aromatic carbocycles. The zero-order valence-electron chi connectivity index (χ0n) is 20.9. The molecule has 0 atom stereocenters. The maximum absolute atomic E-state index is 10.3. The van der Waals surface area contributed by atoms with E-state index in [0.29, 0.717) is 39.3 Å². The molecule has 0 saturated carbocycles. The van der Waals surface area contributed by atoms with Gasteiger partial charge >= 0.3 is 7.82 Å². The minimum Gasteiger partial charge on any atom is -0.395 e. The lowest BCUT2D eigenvalue weighted by Crippen LogP contribution is -2.32. The average Bonchev–Trinajstić information content (AvgIpc) is 2.77. The summed E-state index contributed by atoms with van der Waals surface area (Å²) < 4.78 is 14.6. The number of hydrogen-bond donors (Lipinski definition) is 8. The van der Waals surface area contributed by atoms with Crippen LogP contribution in [0.1, 0.15) is 51.9 Å². The third-order valence-electron chi connectivity index (χ3n) is 4.50. The summed E-state index contributed by atoms with van der Waals surface area (Å²) in [6.07, 6.45) is 7.84. The highest BCUT2D eigenvalue weighted by Crippen LogP contribution is 2.35. The first-order valence-corrected chi connectivity index (χ1v) is 13.6. The van der Waals surface area contributed by atoms with Gasteiger partial charge in [-0.05, 0) is 6.42 Å². The van der Waals surface area contributed by atoms with Crippen LogP contribution >= 0.6 is 7.82 Å². The first kappa shape index (κ1) is 38.3. The van der Waals surface area contributed by atoms with Crippen molar-refractivity contribution >= 4 is 7.82 Å². The molecule has 8 N–H and O–H groups in total. The third-order valence-corrected chi connectivity index (χ3v) is 5.02. The molecule has 0 heterocycles. The molecule has 0 fully saturated rings. The molecule has 0 aliphatic carbocycles. The van der Waals surface area contributed by atoms with Gasteiger partial charge in [0.25, 0.3) is 0 Å². The van der Waals surface area contributed by atoms with Crippen LogP contribution in [0, 0.1) is 0 Å². The van der Waals surface area contributed by atoms with Gasteiger partial charge in [0.05, 0.1) is 46.2 Å². The van der Waals surface area contributed by atoms with Gasteiger partial charge in [-0.15, -0.1) is 0 Å². The number of aliphatic hydroxyl groups excluding tert-OH is 6. The van der Waals surface area contributed by atoms with Crippen LogP contribution in [0.2, 0.25) is 0 Å². The number of phosphoric ester groups is 1. The molecule has 0 radical (unpaired) electrons. The molecule has 12 nitrogen and oxygen atoms in total. The molecule has 0 aliphatic rings. The molecule has 0 rings (SSSR count). The summed E-state index contributed by atoms with van der Waals surface area (Å²) >= 11 is 0. The molecular formula is C21H51N2O10P. The Balaban J connectivity index is -0.000000434. The molecular weight excluding hydrogens is 471 g/mol. The fourth-order valence-corrected chi connectivity index (χ4v) is 3.13. The fourth-order valence-electron chi connectivity index (χ4n) is 2.76. The van der Waals surface area contributed by atoms with Gasteiger partial charge in [0.1, 0.15) is 0 Å². The topological polar surface area (TPSA) is 195 Å². The van der Waals surface area contributed by atoms with E-state index in [0.717, 1.165) is 19.3 Å². The SMILES string of the molecule is CCCCCCCCCOP(=O)(O)O.OCCN(CCO)CCO.OCCN(CCO)CCO. The average molecular weight is 523 g/mol. The number of unbranched alkanes of at least 4 members (excludes halogenated alkanes) is 6. The van der Waals surface area contributed by atoms with Crippen LogP contribution in [0.5, 0.6) is 0 Å². The van der Waals surface area contributed by atoms with Crippen LogP contribution < -0.4 is 0 Å².